The van der Waals surface area contributed by atoms with Crippen LogP contribution < -0.4 is 10.6 Å². The Bertz CT molecular complexity index is 512. The largest absolute Gasteiger partial charge is 0.344 e. The van der Waals surface area contributed by atoms with Crippen molar-refractivity contribution in [2.24, 2.45) is 5.92 Å². The Kier molecular flexibility index (Phi) is 3.22. The van der Waals surface area contributed by atoms with E-state index in [2.05, 4.69) is 20.8 Å². The van der Waals surface area contributed by atoms with Crippen molar-refractivity contribution in [3.05, 3.63) is 5.01 Å². The highest BCUT2D eigenvalue weighted by Gasteiger charge is 2.31. The maximum atomic E-state index is 12.1. The standard InChI is InChI=1S/C12H16N4O2S/c1-6-4-8(13-9(17)5-6)10(18)14-12-16-15-11(19-12)7-2-3-7/h6-8H,2-5H2,1H3,(H,13,17)(H,14,16,18)/t6-,8-/m0/s1. The molecule has 1 saturated heterocycles. The molecular formula is C12H16N4O2S. The molecule has 1 saturated carbocycles. The molecule has 1 aromatic heterocycles. The van der Waals surface area contributed by atoms with E-state index < -0.39 is 6.04 Å². The van der Waals surface area contributed by atoms with Gasteiger partial charge >= 0.3 is 0 Å². The van der Waals surface area contributed by atoms with Gasteiger partial charge in [-0.3, -0.25) is 14.9 Å². The summed E-state index contributed by atoms with van der Waals surface area (Å²) in [4.78, 5) is 23.5. The van der Waals surface area contributed by atoms with E-state index in [1.165, 1.54) is 24.2 Å². The quantitative estimate of drug-likeness (QED) is 0.873. The third kappa shape index (κ3) is 2.91. The Morgan fingerprint density at radius 3 is 2.89 bits per heavy atom. The molecule has 6 nitrogen and oxygen atoms in total. The van der Waals surface area contributed by atoms with Gasteiger partial charge in [0.15, 0.2) is 0 Å². The first kappa shape index (κ1) is 12.5. The lowest BCUT2D eigenvalue weighted by molar-refractivity contribution is -0.129. The van der Waals surface area contributed by atoms with Gasteiger partial charge in [0.2, 0.25) is 16.9 Å². The first-order valence-corrected chi connectivity index (χ1v) is 7.37. The molecule has 2 fully saturated rings. The van der Waals surface area contributed by atoms with Gasteiger partial charge in [-0.15, -0.1) is 10.2 Å². The summed E-state index contributed by atoms with van der Waals surface area (Å²) < 4.78 is 0. The molecule has 7 heteroatoms. The van der Waals surface area contributed by atoms with Crippen LogP contribution in [0.1, 0.15) is 43.5 Å². The van der Waals surface area contributed by atoms with Crippen molar-refractivity contribution in [1.82, 2.24) is 15.5 Å². The third-order valence-electron chi connectivity index (χ3n) is 3.42. The highest BCUT2D eigenvalue weighted by Crippen LogP contribution is 2.42. The van der Waals surface area contributed by atoms with Crippen LogP contribution in [0.3, 0.4) is 0 Å². The Morgan fingerprint density at radius 1 is 1.42 bits per heavy atom. The molecule has 0 bridgehead atoms. The molecule has 0 aromatic carbocycles. The highest BCUT2D eigenvalue weighted by molar-refractivity contribution is 7.15. The van der Waals surface area contributed by atoms with E-state index in [1.54, 1.807) is 0 Å². The molecule has 2 amide bonds. The molecule has 19 heavy (non-hydrogen) atoms. The number of amides is 2. The molecule has 2 atom stereocenters. The molecule has 2 aliphatic rings. The second-order valence-electron chi connectivity index (χ2n) is 5.37. The van der Waals surface area contributed by atoms with Crippen molar-refractivity contribution in [2.75, 3.05) is 5.32 Å². The van der Waals surface area contributed by atoms with E-state index in [4.69, 9.17) is 0 Å². The van der Waals surface area contributed by atoms with Crippen LogP contribution in [0, 0.1) is 5.92 Å². The van der Waals surface area contributed by atoms with Crippen LogP contribution in [-0.4, -0.2) is 28.1 Å². The lowest BCUT2D eigenvalue weighted by Gasteiger charge is -2.26. The second-order valence-corrected chi connectivity index (χ2v) is 6.38. The number of nitrogens with one attached hydrogen (secondary N) is 2. The van der Waals surface area contributed by atoms with Crippen LogP contribution in [0.2, 0.25) is 0 Å². The zero-order chi connectivity index (χ0) is 13.4. The van der Waals surface area contributed by atoms with Crippen molar-refractivity contribution < 1.29 is 9.59 Å². The molecule has 2 heterocycles. The molecule has 102 valence electrons. The van der Waals surface area contributed by atoms with Gasteiger partial charge in [-0.25, -0.2) is 0 Å². The third-order valence-corrected chi connectivity index (χ3v) is 4.42. The number of nitrogens with zero attached hydrogens (tertiary/aromatic N) is 2. The second kappa shape index (κ2) is 4.88. The SMILES string of the molecule is C[C@@H]1CC(=O)N[C@H](C(=O)Nc2nnc(C3CC3)s2)C1. The van der Waals surface area contributed by atoms with E-state index in [1.807, 2.05) is 6.92 Å². The van der Waals surface area contributed by atoms with Gasteiger partial charge in [0.05, 0.1) is 0 Å². The van der Waals surface area contributed by atoms with Crippen molar-refractivity contribution in [1.29, 1.82) is 0 Å². The predicted octanol–water partition coefficient (Wildman–Crippen LogP) is 1.27. The molecule has 1 aliphatic heterocycles. The van der Waals surface area contributed by atoms with Crippen molar-refractivity contribution in [2.45, 2.75) is 44.6 Å². The number of rotatable bonds is 3. The molecule has 3 rings (SSSR count). The summed E-state index contributed by atoms with van der Waals surface area (Å²) >= 11 is 1.43. The van der Waals surface area contributed by atoms with Crippen LogP contribution in [0.4, 0.5) is 5.13 Å². The van der Waals surface area contributed by atoms with E-state index >= 15 is 0 Å². The summed E-state index contributed by atoms with van der Waals surface area (Å²) in [5.74, 6) is 0.520. The van der Waals surface area contributed by atoms with Crippen LogP contribution >= 0.6 is 11.3 Å². The number of hydrogen-bond donors (Lipinski definition) is 2. The molecule has 1 aromatic rings. The minimum Gasteiger partial charge on any atom is -0.344 e. The van der Waals surface area contributed by atoms with Gasteiger partial charge in [0, 0.05) is 12.3 Å². The summed E-state index contributed by atoms with van der Waals surface area (Å²) in [5.41, 5.74) is 0. The average Bonchev–Trinajstić information content (AvgIpc) is 3.09. The van der Waals surface area contributed by atoms with Crippen LogP contribution in [0.15, 0.2) is 0 Å². The smallest absolute Gasteiger partial charge is 0.248 e. The average molecular weight is 280 g/mol. The molecule has 2 N–H and O–H groups in total. The zero-order valence-electron chi connectivity index (χ0n) is 10.7. The number of anilines is 1. The van der Waals surface area contributed by atoms with Crippen LogP contribution in [0.25, 0.3) is 0 Å². The minimum absolute atomic E-state index is 0.0603. The Labute approximate surface area is 115 Å². The van der Waals surface area contributed by atoms with Gasteiger partial charge < -0.3 is 5.32 Å². The van der Waals surface area contributed by atoms with Gasteiger partial charge in [-0.05, 0) is 25.2 Å². The molecule has 0 unspecified atom stereocenters. The lowest BCUT2D eigenvalue weighted by Crippen LogP contribution is -2.48. The van der Waals surface area contributed by atoms with Gasteiger partial charge in [-0.2, -0.15) is 0 Å². The number of aromatic nitrogens is 2. The maximum Gasteiger partial charge on any atom is 0.248 e. The Hall–Kier alpha value is -1.50. The minimum atomic E-state index is -0.454. The number of carbonyl (C=O) groups excluding carboxylic acids is 2. The molecular weight excluding hydrogens is 264 g/mol. The normalized spacial score (nSPS) is 26.9. The molecule has 1 aliphatic carbocycles. The first-order valence-electron chi connectivity index (χ1n) is 6.55. The number of piperidine rings is 1. The fourth-order valence-corrected chi connectivity index (χ4v) is 3.18. The molecule has 0 spiro atoms. The Balaban J connectivity index is 1.61. The monoisotopic (exact) mass is 280 g/mol. The number of hydrogen-bond acceptors (Lipinski definition) is 5. The predicted molar refractivity (Wildman–Crippen MR) is 70.8 cm³/mol. The van der Waals surface area contributed by atoms with Gasteiger partial charge in [-0.1, -0.05) is 18.3 Å². The van der Waals surface area contributed by atoms with E-state index in [0.717, 1.165) is 5.01 Å². The highest BCUT2D eigenvalue weighted by atomic mass is 32.1. The molecule has 0 radical (unpaired) electrons. The van der Waals surface area contributed by atoms with E-state index in [9.17, 15) is 9.59 Å². The van der Waals surface area contributed by atoms with Crippen molar-refractivity contribution in [3.63, 3.8) is 0 Å². The van der Waals surface area contributed by atoms with Crippen molar-refractivity contribution >= 4 is 28.3 Å². The van der Waals surface area contributed by atoms with Gasteiger partial charge in [0.1, 0.15) is 11.0 Å². The maximum absolute atomic E-state index is 12.1. The summed E-state index contributed by atoms with van der Waals surface area (Å²) in [6, 6.07) is -0.454. The zero-order valence-corrected chi connectivity index (χ0v) is 11.5. The van der Waals surface area contributed by atoms with Gasteiger partial charge in [0.25, 0.3) is 0 Å². The number of carbonyl (C=O) groups is 2. The summed E-state index contributed by atoms with van der Waals surface area (Å²) in [6.07, 6.45) is 3.50. The summed E-state index contributed by atoms with van der Waals surface area (Å²) in [7, 11) is 0. The van der Waals surface area contributed by atoms with Crippen molar-refractivity contribution in [3.8, 4) is 0 Å². The van der Waals surface area contributed by atoms with Crippen LogP contribution in [0.5, 0.6) is 0 Å². The lowest BCUT2D eigenvalue weighted by atomic mass is 9.93. The van der Waals surface area contributed by atoms with E-state index in [0.29, 0.717) is 23.9 Å². The topological polar surface area (TPSA) is 84.0 Å². The summed E-state index contributed by atoms with van der Waals surface area (Å²) in [6.45, 7) is 1.98. The summed E-state index contributed by atoms with van der Waals surface area (Å²) in [5, 5.41) is 15.0. The fourth-order valence-electron chi connectivity index (χ4n) is 2.26. The van der Waals surface area contributed by atoms with Crippen LogP contribution in [-0.2, 0) is 9.59 Å². The fraction of sp³-hybridized carbons (Fsp3) is 0.667. The van der Waals surface area contributed by atoms with E-state index in [-0.39, 0.29) is 17.7 Å². The first-order chi connectivity index (χ1) is 9.11. The Morgan fingerprint density at radius 2 is 2.21 bits per heavy atom.